The van der Waals surface area contributed by atoms with Gasteiger partial charge in [0.05, 0.1) is 0 Å². The molecule has 0 fully saturated rings. The lowest BCUT2D eigenvalue weighted by molar-refractivity contribution is -0.160. The quantitative estimate of drug-likeness (QED) is 0.185. The molecule has 160 valence electrons. The zero-order chi connectivity index (χ0) is 20.5. The van der Waals surface area contributed by atoms with Crippen molar-refractivity contribution < 1.29 is 19.8 Å². The number of carboxylic acids is 2. The maximum atomic E-state index is 11.2. The van der Waals surface area contributed by atoms with Crippen molar-refractivity contribution in [1.82, 2.24) is 0 Å². The van der Waals surface area contributed by atoms with Crippen LogP contribution < -0.4 is 0 Å². The molecular weight excluding hydrogens is 340 g/mol. The SMILES string of the molecule is CCCCCCCCCCCCCCCCCC(C)(C)C(C(=O)O)C(=O)O. The molecule has 0 atom stereocenters. The van der Waals surface area contributed by atoms with Crippen LogP contribution in [-0.2, 0) is 9.59 Å². The average Bonchev–Trinajstić information content (AvgIpc) is 2.57. The molecule has 4 heteroatoms. The number of rotatable bonds is 19. The molecule has 0 aromatic rings. The summed E-state index contributed by atoms with van der Waals surface area (Å²) < 4.78 is 0. The molecule has 0 bridgehead atoms. The summed E-state index contributed by atoms with van der Waals surface area (Å²) in [4.78, 5) is 22.3. The Bertz CT molecular complexity index is 376. The average molecular weight is 385 g/mol. The molecule has 0 aromatic heterocycles. The van der Waals surface area contributed by atoms with Gasteiger partial charge in [-0.2, -0.15) is 0 Å². The smallest absolute Gasteiger partial charge is 0.318 e. The molecule has 0 aliphatic carbocycles. The third kappa shape index (κ3) is 13.7. The molecule has 0 radical (unpaired) electrons. The standard InChI is InChI=1S/C23H44O4/c1-4-5-6-7-8-9-10-11-12-13-14-15-16-17-18-19-23(2,3)20(21(24)25)22(26)27/h20H,4-19H2,1-3H3,(H,24,25)(H,26,27). The van der Waals surface area contributed by atoms with Gasteiger partial charge in [-0.25, -0.2) is 0 Å². The molecule has 0 heterocycles. The van der Waals surface area contributed by atoms with E-state index >= 15 is 0 Å². The lowest BCUT2D eigenvalue weighted by Gasteiger charge is -2.28. The zero-order valence-electron chi connectivity index (χ0n) is 18.1. The summed E-state index contributed by atoms with van der Waals surface area (Å²) >= 11 is 0. The molecule has 0 aromatic carbocycles. The second kappa shape index (κ2) is 15.9. The maximum Gasteiger partial charge on any atom is 0.318 e. The molecule has 0 rings (SSSR count). The first-order valence-corrected chi connectivity index (χ1v) is 11.3. The van der Waals surface area contributed by atoms with E-state index in [1.807, 2.05) is 0 Å². The van der Waals surface area contributed by atoms with Crippen molar-refractivity contribution in [1.29, 1.82) is 0 Å². The second-order valence-electron chi connectivity index (χ2n) is 8.80. The largest absolute Gasteiger partial charge is 0.481 e. The molecule has 0 aliphatic rings. The highest BCUT2D eigenvalue weighted by Gasteiger charge is 2.40. The van der Waals surface area contributed by atoms with Crippen molar-refractivity contribution in [2.24, 2.45) is 11.3 Å². The number of carbonyl (C=O) groups is 2. The van der Waals surface area contributed by atoms with E-state index in [9.17, 15) is 9.59 Å². The summed E-state index contributed by atoms with van der Waals surface area (Å²) in [6, 6.07) is 0. The van der Waals surface area contributed by atoms with E-state index < -0.39 is 23.3 Å². The van der Waals surface area contributed by atoms with E-state index in [0.717, 1.165) is 19.3 Å². The minimum absolute atomic E-state index is 0.647. The Labute approximate surface area is 167 Å². The first kappa shape index (κ1) is 25.9. The van der Waals surface area contributed by atoms with Gasteiger partial charge in [0.1, 0.15) is 0 Å². The Morgan fingerprint density at radius 1 is 0.630 bits per heavy atom. The Morgan fingerprint density at radius 3 is 1.22 bits per heavy atom. The first-order valence-electron chi connectivity index (χ1n) is 11.3. The van der Waals surface area contributed by atoms with Crippen LogP contribution in [0.1, 0.15) is 124 Å². The van der Waals surface area contributed by atoms with Crippen molar-refractivity contribution in [2.75, 3.05) is 0 Å². The Balaban J connectivity index is 3.52. The minimum atomic E-state index is -1.32. The van der Waals surface area contributed by atoms with E-state index in [1.54, 1.807) is 13.8 Å². The van der Waals surface area contributed by atoms with E-state index in [0.29, 0.717) is 6.42 Å². The molecule has 4 nitrogen and oxygen atoms in total. The van der Waals surface area contributed by atoms with Crippen molar-refractivity contribution in [3.8, 4) is 0 Å². The van der Waals surface area contributed by atoms with Crippen LogP contribution in [0.3, 0.4) is 0 Å². The van der Waals surface area contributed by atoms with E-state index in [-0.39, 0.29) is 0 Å². The molecule has 0 saturated heterocycles. The molecule has 0 aliphatic heterocycles. The van der Waals surface area contributed by atoms with Crippen molar-refractivity contribution >= 4 is 11.9 Å². The number of unbranched alkanes of at least 4 members (excludes halogenated alkanes) is 14. The topological polar surface area (TPSA) is 74.6 Å². The monoisotopic (exact) mass is 384 g/mol. The minimum Gasteiger partial charge on any atom is -0.481 e. The molecule has 0 amide bonds. The molecular formula is C23H44O4. The van der Waals surface area contributed by atoms with Crippen LogP contribution in [0.5, 0.6) is 0 Å². The molecule has 0 unspecified atom stereocenters. The first-order chi connectivity index (χ1) is 12.8. The van der Waals surface area contributed by atoms with Gasteiger partial charge in [0.2, 0.25) is 0 Å². The third-order valence-electron chi connectivity index (χ3n) is 5.70. The fourth-order valence-electron chi connectivity index (χ4n) is 3.87. The van der Waals surface area contributed by atoms with E-state index in [2.05, 4.69) is 6.92 Å². The van der Waals surface area contributed by atoms with Gasteiger partial charge in [-0.05, 0) is 11.8 Å². The lowest BCUT2D eigenvalue weighted by atomic mass is 9.75. The Morgan fingerprint density at radius 2 is 0.926 bits per heavy atom. The summed E-state index contributed by atoms with van der Waals surface area (Å²) in [5.41, 5.74) is -0.700. The number of carboxylic acid groups (broad SMARTS) is 2. The summed E-state index contributed by atoms with van der Waals surface area (Å²) in [5, 5.41) is 18.2. The number of aliphatic carboxylic acids is 2. The fraction of sp³-hybridized carbons (Fsp3) is 0.913. The molecule has 27 heavy (non-hydrogen) atoms. The van der Waals surface area contributed by atoms with Gasteiger partial charge in [0, 0.05) is 0 Å². The van der Waals surface area contributed by atoms with Gasteiger partial charge in [0.25, 0.3) is 0 Å². The Kier molecular flexibility index (Phi) is 15.3. The van der Waals surface area contributed by atoms with Crippen LogP contribution in [0.15, 0.2) is 0 Å². The molecule has 2 N–H and O–H groups in total. The fourth-order valence-corrected chi connectivity index (χ4v) is 3.87. The summed E-state index contributed by atoms with van der Waals surface area (Å²) in [7, 11) is 0. The zero-order valence-corrected chi connectivity index (χ0v) is 18.1. The summed E-state index contributed by atoms with van der Waals surface area (Å²) in [6.45, 7) is 5.77. The van der Waals surface area contributed by atoms with Crippen molar-refractivity contribution in [2.45, 2.75) is 124 Å². The predicted molar refractivity (Wildman–Crippen MR) is 112 cm³/mol. The van der Waals surface area contributed by atoms with Gasteiger partial charge in [-0.15, -0.1) is 0 Å². The van der Waals surface area contributed by atoms with Crippen LogP contribution in [0, 0.1) is 11.3 Å². The van der Waals surface area contributed by atoms with Crippen LogP contribution in [0.4, 0.5) is 0 Å². The Hall–Kier alpha value is -1.06. The van der Waals surface area contributed by atoms with Gasteiger partial charge in [0.15, 0.2) is 5.92 Å². The highest BCUT2D eigenvalue weighted by molar-refractivity contribution is 5.93. The van der Waals surface area contributed by atoms with Crippen LogP contribution in [0.25, 0.3) is 0 Å². The van der Waals surface area contributed by atoms with Crippen LogP contribution in [-0.4, -0.2) is 22.2 Å². The van der Waals surface area contributed by atoms with Gasteiger partial charge >= 0.3 is 11.9 Å². The van der Waals surface area contributed by atoms with Crippen molar-refractivity contribution in [3.63, 3.8) is 0 Å². The van der Waals surface area contributed by atoms with E-state index in [4.69, 9.17) is 10.2 Å². The third-order valence-corrected chi connectivity index (χ3v) is 5.70. The highest BCUT2D eigenvalue weighted by Crippen LogP contribution is 2.33. The lowest BCUT2D eigenvalue weighted by Crippen LogP contribution is -2.37. The summed E-state index contributed by atoms with van der Waals surface area (Å²) in [5.74, 6) is -3.77. The van der Waals surface area contributed by atoms with Gasteiger partial charge < -0.3 is 10.2 Å². The summed E-state index contributed by atoms with van der Waals surface area (Å²) in [6.07, 6.45) is 20.0. The number of hydrogen-bond acceptors (Lipinski definition) is 2. The van der Waals surface area contributed by atoms with Crippen molar-refractivity contribution in [3.05, 3.63) is 0 Å². The predicted octanol–water partition coefficient (Wildman–Crippen LogP) is 7.06. The van der Waals surface area contributed by atoms with Crippen LogP contribution in [0.2, 0.25) is 0 Å². The van der Waals surface area contributed by atoms with Gasteiger partial charge in [-0.3, -0.25) is 9.59 Å². The normalized spacial score (nSPS) is 11.9. The molecule has 0 spiro atoms. The number of hydrogen-bond donors (Lipinski definition) is 2. The van der Waals surface area contributed by atoms with Gasteiger partial charge in [-0.1, -0.05) is 117 Å². The maximum absolute atomic E-state index is 11.2. The van der Waals surface area contributed by atoms with E-state index in [1.165, 1.54) is 77.0 Å². The van der Waals surface area contributed by atoms with Crippen LogP contribution >= 0.6 is 0 Å². The highest BCUT2D eigenvalue weighted by atomic mass is 16.4. The second-order valence-corrected chi connectivity index (χ2v) is 8.80. The molecule has 0 saturated carbocycles.